The zero-order valence-electron chi connectivity index (χ0n) is 5.54. The van der Waals surface area contributed by atoms with Crippen LogP contribution in [0.3, 0.4) is 0 Å². The van der Waals surface area contributed by atoms with Crippen molar-refractivity contribution in [2.24, 2.45) is 0 Å². The summed E-state index contributed by atoms with van der Waals surface area (Å²) in [4.78, 5) is 0. The van der Waals surface area contributed by atoms with Crippen molar-refractivity contribution in [1.29, 1.82) is 0 Å². The summed E-state index contributed by atoms with van der Waals surface area (Å²) in [5.74, 6) is 0. The van der Waals surface area contributed by atoms with E-state index in [0.29, 0.717) is 0 Å². The van der Waals surface area contributed by atoms with E-state index in [2.05, 4.69) is 6.07 Å². The highest BCUT2D eigenvalue weighted by Gasteiger charge is 2.32. The predicted molar refractivity (Wildman–Crippen MR) is 40.3 cm³/mol. The van der Waals surface area contributed by atoms with E-state index in [1.807, 2.05) is 0 Å². The molecule has 0 fully saturated rings. The van der Waals surface area contributed by atoms with E-state index in [-0.39, 0.29) is 5.02 Å². The van der Waals surface area contributed by atoms with Gasteiger partial charge in [-0.1, -0.05) is 23.2 Å². The highest BCUT2D eigenvalue weighted by molar-refractivity contribution is 6.35. The lowest BCUT2D eigenvalue weighted by atomic mass is 10.2. The van der Waals surface area contributed by atoms with Gasteiger partial charge in [0.15, 0.2) is 0 Å². The first kappa shape index (κ1) is 9.68. The van der Waals surface area contributed by atoms with Gasteiger partial charge >= 0.3 is 6.18 Å². The van der Waals surface area contributed by atoms with Gasteiger partial charge in [-0.15, -0.1) is 0 Å². The highest BCUT2D eigenvalue weighted by atomic mass is 35.5. The van der Waals surface area contributed by atoms with Gasteiger partial charge in [0.1, 0.15) is 0 Å². The SMILES string of the molecule is FC(F)(F)c1c[c]c(Cl)cc1Cl. The van der Waals surface area contributed by atoms with Gasteiger partial charge in [0.25, 0.3) is 0 Å². The maximum absolute atomic E-state index is 12.0. The average Bonchev–Trinajstić information content (AvgIpc) is 1.83. The molecule has 5 heteroatoms. The van der Waals surface area contributed by atoms with Gasteiger partial charge in [0.2, 0.25) is 0 Å². The van der Waals surface area contributed by atoms with E-state index < -0.39 is 16.8 Å². The van der Waals surface area contributed by atoms with Crippen LogP contribution in [0.2, 0.25) is 10.0 Å². The maximum atomic E-state index is 12.0. The van der Waals surface area contributed by atoms with Crippen molar-refractivity contribution in [1.82, 2.24) is 0 Å². The molecule has 1 aromatic carbocycles. The Bertz CT molecular complexity index is 293. The lowest BCUT2D eigenvalue weighted by molar-refractivity contribution is -0.137. The minimum atomic E-state index is -4.45. The van der Waals surface area contributed by atoms with Crippen molar-refractivity contribution in [3.05, 3.63) is 33.8 Å². The third kappa shape index (κ3) is 2.05. The molecule has 0 unspecified atom stereocenters. The first-order chi connectivity index (χ1) is 5.41. The molecule has 12 heavy (non-hydrogen) atoms. The van der Waals surface area contributed by atoms with Crippen molar-refractivity contribution in [3.8, 4) is 0 Å². The van der Waals surface area contributed by atoms with Crippen LogP contribution in [0.1, 0.15) is 5.56 Å². The van der Waals surface area contributed by atoms with Gasteiger partial charge in [-0.3, -0.25) is 0 Å². The zero-order valence-corrected chi connectivity index (χ0v) is 7.06. The second-order valence-corrected chi connectivity index (χ2v) is 2.85. The Kier molecular flexibility index (Phi) is 2.54. The monoisotopic (exact) mass is 213 g/mol. The summed E-state index contributed by atoms with van der Waals surface area (Å²) in [7, 11) is 0. The van der Waals surface area contributed by atoms with Crippen LogP contribution in [0.5, 0.6) is 0 Å². The van der Waals surface area contributed by atoms with Gasteiger partial charge in [-0.05, 0) is 12.1 Å². The second-order valence-electron chi connectivity index (χ2n) is 2.04. The molecule has 0 amide bonds. The largest absolute Gasteiger partial charge is 0.417 e. The Balaban J connectivity index is 3.19. The summed E-state index contributed by atoms with van der Waals surface area (Å²) >= 11 is 10.6. The Morgan fingerprint density at radius 2 is 1.83 bits per heavy atom. The lowest BCUT2D eigenvalue weighted by Crippen LogP contribution is -2.05. The summed E-state index contributed by atoms with van der Waals surface area (Å²) in [5.41, 5.74) is -0.923. The van der Waals surface area contributed by atoms with Crippen LogP contribution in [-0.4, -0.2) is 0 Å². The van der Waals surface area contributed by atoms with E-state index in [1.54, 1.807) is 0 Å². The topological polar surface area (TPSA) is 0 Å². The zero-order chi connectivity index (χ0) is 9.35. The first-order valence-corrected chi connectivity index (χ1v) is 3.61. The molecule has 0 saturated carbocycles. The van der Waals surface area contributed by atoms with Crippen molar-refractivity contribution in [3.63, 3.8) is 0 Å². The number of benzene rings is 1. The van der Waals surface area contributed by atoms with Crippen molar-refractivity contribution in [2.45, 2.75) is 6.18 Å². The van der Waals surface area contributed by atoms with Crippen LogP contribution in [0.15, 0.2) is 12.1 Å². The third-order valence-corrected chi connectivity index (χ3v) is 1.70. The molecule has 65 valence electrons. The smallest absolute Gasteiger partial charge is 0.166 e. The Hall–Kier alpha value is -0.410. The number of alkyl halides is 3. The van der Waals surface area contributed by atoms with Gasteiger partial charge in [-0.25, -0.2) is 0 Å². The van der Waals surface area contributed by atoms with E-state index >= 15 is 0 Å². The van der Waals surface area contributed by atoms with Crippen LogP contribution in [0.4, 0.5) is 13.2 Å². The molecule has 0 aliphatic rings. The summed E-state index contributed by atoms with van der Waals surface area (Å²) < 4.78 is 36.1. The molecule has 0 saturated heterocycles. The first-order valence-electron chi connectivity index (χ1n) is 2.85. The van der Waals surface area contributed by atoms with Crippen molar-refractivity contribution >= 4 is 23.2 Å². The fourth-order valence-electron chi connectivity index (χ4n) is 0.658. The van der Waals surface area contributed by atoms with E-state index in [4.69, 9.17) is 23.2 Å². The molecule has 0 N–H and O–H groups in total. The third-order valence-electron chi connectivity index (χ3n) is 1.17. The van der Waals surface area contributed by atoms with Gasteiger partial charge in [0, 0.05) is 11.1 Å². The predicted octanol–water partition coefficient (Wildman–Crippen LogP) is 3.81. The molecule has 0 aliphatic heterocycles. The molecular weight excluding hydrogens is 212 g/mol. The molecule has 0 aliphatic carbocycles. The van der Waals surface area contributed by atoms with E-state index in [1.165, 1.54) is 0 Å². The summed E-state index contributed by atoms with van der Waals surface area (Å²) in [6, 6.07) is 3.94. The molecule has 0 bridgehead atoms. The molecule has 0 aromatic heterocycles. The fourth-order valence-corrected chi connectivity index (χ4v) is 1.15. The Morgan fingerprint density at radius 1 is 1.25 bits per heavy atom. The number of hydrogen-bond acceptors (Lipinski definition) is 0. The highest BCUT2D eigenvalue weighted by Crippen LogP contribution is 2.35. The molecule has 1 radical (unpaired) electrons. The molecule has 0 heterocycles. The van der Waals surface area contributed by atoms with Gasteiger partial charge in [-0.2, -0.15) is 13.2 Å². The fraction of sp³-hybridized carbons (Fsp3) is 0.143. The molecular formula is C7H2Cl2F3. The van der Waals surface area contributed by atoms with E-state index in [9.17, 15) is 13.2 Å². The van der Waals surface area contributed by atoms with E-state index in [0.717, 1.165) is 12.1 Å². The Morgan fingerprint density at radius 3 is 2.25 bits per heavy atom. The van der Waals surface area contributed by atoms with Crippen molar-refractivity contribution in [2.75, 3.05) is 0 Å². The number of hydrogen-bond donors (Lipinski definition) is 0. The van der Waals surface area contributed by atoms with Crippen molar-refractivity contribution < 1.29 is 13.2 Å². The molecule has 1 aromatic rings. The molecule has 0 atom stereocenters. The quantitative estimate of drug-likeness (QED) is 0.615. The van der Waals surface area contributed by atoms with Crippen LogP contribution in [0.25, 0.3) is 0 Å². The summed E-state index contributed by atoms with van der Waals surface area (Å²) in [6.07, 6.45) is -4.45. The normalized spacial score (nSPS) is 11.8. The summed E-state index contributed by atoms with van der Waals surface area (Å²) in [6.45, 7) is 0. The minimum Gasteiger partial charge on any atom is -0.166 e. The van der Waals surface area contributed by atoms with Gasteiger partial charge < -0.3 is 0 Å². The van der Waals surface area contributed by atoms with Crippen LogP contribution < -0.4 is 0 Å². The molecule has 1 rings (SSSR count). The van der Waals surface area contributed by atoms with Crippen LogP contribution >= 0.6 is 23.2 Å². The molecule has 0 spiro atoms. The molecule has 0 nitrogen and oxygen atoms in total. The summed E-state index contributed by atoms with van der Waals surface area (Å²) in [5, 5.41) is -0.348. The number of rotatable bonds is 0. The van der Waals surface area contributed by atoms with Crippen LogP contribution in [-0.2, 0) is 6.18 Å². The maximum Gasteiger partial charge on any atom is 0.417 e. The van der Waals surface area contributed by atoms with Gasteiger partial charge in [0.05, 0.1) is 10.6 Å². The number of halogens is 5. The lowest BCUT2D eigenvalue weighted by Gasteiger charge is -2.07. The Labute approximate surface area is 76.9 Å². The van der Waals surface area contributed by atoms with Crippen LogP contribution in [0, 0.1) is 6.07 Å². The second kappa shape index (κ2) is 3.15. The average molecular weight is 214 g/mol. The minimum absolute atomic E-state index is 0.0630. The standard InChI is InChI=1S/C7H2Cl2F3/c8-4-1-2-5(6(9)3-4)7(10,11)12/h2-3H.